The van der Waals surface area contributed by atoms with Crippen molar-refractivity contribution in [3.05, 3.63) is 22.4 Å². The molecule has 1 aromatic heterocycles. The van der Waals surface area contributed by atoms with E-state index in [1.165, 1.54) is 0 Å². The van der Waals surface area contributed by atoms with Gasteiger partial charge in [0.25, 0.3) is 0 Å². The summed E-state index contributed by atoms with van der Waals surface area (Å²) in [6, 6.07) is 3.94. The zero-order chi connectivity index (χ0) is 9.80. The lowest BCUT2D eigenvalue weighted by atomic mass is 10.00. The highest BCUT2D eigenvalue weighted by Crippen LogP contribution is 2.13. The number of hydrogen-bond donors (Lipinski definition) is 1. The Morgan fingerprint density at radius 2 is 2.50 bits per heavy atom. The maximum Gasteiger partial charge on any atom is 0.306 e. The molecule has 0 saturated carbocycles. The van der Waals surface area contributed by atoms with E-state index in [-0.39, 0.29) is 5.97 Å². The first kappa shape index (κ1) is 9.68. The summed E-state index contributed by atoms with van der Waals surface area (Å²) in [4.78, 5) is 12.4. The topological polar surface area (TPSA) is 38.3 Å². The summed E-state index contributed by atoms with van der Waals surface area (Å²) in [7, 11) is 0. The molecule has 0 aromatic carbocycles. The molecular weight excluding hydrogens is 198 g/mol. The molecule has 2 heterocycles. The van der Waals surface area contributed by atoms with Crippen LogP contribution in [0.4, 0.5) is 0 Å². The number of thiophene rings is 1. The number of carbonyl (C=O) groups is 1. The standard InChI is InChI=1S/C10H13NO2S/c12-10(4-8-5-11-6-8)13-7-9-2-1-3-14-9/h1-3,8,11H,4-7H2. The first-order chi connectivity index (χ1) is 6.84. The number of nitrogens with one attached hydrogen (secondary N) is 1. The molecule has 0 bridgehead atoms. The minimum Gasteiger partial charge on any atom is -0.460 e. The SMILES string of the molecule is O=C(CC1CNC1)OCc1cccs1. The lowest BCUT2D eigenvalue weighted by Crippen LogP contribution is -2.43. The van der Waals surface area contributed by atoms with Gasteiger partial charge >= 0.3 is 5.97 Å². The molecule has 0 unspecified atom stereocenters. The highest BCUT2D eigenvalue weighted by molar-refractivity contribution is 7.09. The molecule has 1 fully saturated rings. The molecule has 1 aliphatic heterocycles. The van der Waals surface area contributed by atoms with Gasteiger partial charge < -0.3 is 10.1 Å². The Labute approximate surface area is 87.1 Å². The first-order valence-electron chi connectivity index (χ1n) is 4.73. The zero-order valence-electron chi connectivity index (χ0n) is 7.86. The van der Waals surface area contributed by atoms with Gasteiger partial charge in [-0.25, -0.2) is 0 Å². The van der Waals surface area contributed by atoms with Crippen molar-refractivity contribution in [3.63, 3.8) is 0 Å². The van der Waals surface area contributed by atoms with E-state index in [1.54, 1.807) is 11.3 Å². The molecule has 0 aliphatic carbocycles. The third-order valence-corrected chi connectivity index (χ3v) is 3.13. The Morgan fingerprint density at radius 3 is 3.07 bits per heavy atom. The number of esters is 1. The molecule has 3 nitrogen and oxygen atoms in total. The van der Waals surface area contributed by atoms with E-state index in [9.17, 15) is 4.79 Å². The van der Waals surface area contributed by atoms with E-state index in [4.69, 9.17) is 4.74 Å². The zero-order valence-corrected chi connectivity index (χ0v) is 8.68. The Kier molecular flexibility index (Phi) is 3.16. The van der Waals surface area contributed by atoms with Crippen molar-refractivity contribution in [2.24, 2.45) is 5.92 Å². The van der Waals surface area contributed by atoms with Crippen molar-refractivity contribution < 1.29 is 9.53 Å². The highest BCUT2D eigenvalue weighted by Gasteiger charge is 2.20. The summed E-state index contributed by atoms with van der Waals surface area (Å²) in [6.07, 6.45) is 0.554. The fourth-order valence-corrected chi connectivity index (χ4v) is 1.95. The van der Waals surface area contributed by atoms with Crippen LogP contribution in [0.15, 0.2) is 17.5 Å². The highest BCUT2D eigenvalue weighted by atomic mass is 32.1. The maximum absolute atomic E-state index is 11.3. The smallest absolute Gasteiger partial charge is 0.306 e. The molecule has 14 heavy (non-hydrogen) atoms. The Hall–Kier alpha value is -0.870. The van der Waals surface area contributed by atoms with Crippen molar-refractivity contribution in [3.8, 4) is 0 Å². The maximum atomic E-state index is 11.3. The number of ether oxygens (including phenoxy) is 1. The van der Waals surface area contributed by atoms with Gasteiger partial charge in [-0.15, -0.1) is 11.3 Å². The second-order valence-electron chi connectivity index (χ2n) is 3.47. The van der Waals surface area contributed by atoms with Gasteiger partial charge in [0, 0.05) is 4.88 Å². The Balaban J connectivity index is 1.67. The average Bonchev–Trinajstić information content (AvgIpc) is 2.60. The van der Waals surface area contributed by atoms with Crippen LogP contribution in [0, 0.1) is 5.92 Å². The predicted molar refractivity (Wildman–Crippen MR) is 55.1 cm³/mol. The van der Waals surface area contributed by atoms with Crippen LogP contribution in [0.3, 0.4) is 0 Å². The van der Waals surface area contributed by atoms with Gasteiger partial charge in [-0.2, -0.15) is 0 Å². The van der Waals surface area contributed by atoms with Gasteiger partial charge in [-0.05, 0) is 30.5 Å². The van der Waals surface area contributed by atoms with Gasteiger partial charge in [0.05, 0.1) is 6.42 Å². The van der Waals surface area contributed by atoms with E-state index >= 15 is 0 Å². The molecule has 0 atom stereocenters. The van der Waals surface area contributed by atoms with Crippen LogP contribution in [-0.2, 0) is 16.1 Å². The minimum absolute atomic E-state index is 0.0788. The fourth-order valence-electron chi connectivity index (χ4n) is 1.33. The molecular formula is C10H13NO2S. The van der Waals surface area contributed by atoms with Crippen molar-refractivity contribution in [1.29, 1.82) is 0 Å². The summed E-state index contributed by atoms with van der Waals surface area (Å²) in [5, 5.41) is 5.12. The summed E-state index contributed by atoms with van der Waals surface area (Å²) >= 11 is 1.61. The monoisotopic (exact) mass is 211 g/mol. The Bertz CT molecular complexity index is 293. The van der Waals surface area contributed by atoms with Gasteiger partial charge in [0.1, 0.15) is 6.61 Å². The second kappa shape index (κ2) is 4.57. The quantitative estimate of drug-likeness (QED) is 0.765. The van der Waals surface area contributed by atoms with E-state index in [0.29, 0.717) is 18.9 Å². The molecule has 1 aliphatic rings. The lowest BCUT2D eigenvalue weighted by molar-refractivity contribution is -0.146. The summed E-state index contributed by atoms with van der Waals surface area (Å²) in [6.45, 7) is 2.33. The van der Waals surface area contributed by atoms with Crippen molar-refractivity contribution >= 4 is 17.3 Å². The summed E-state index contributed by atoms with van der Waals surface area (Å²) < 4.78 is 5.14. The second-order valence-corrected chi connectivity index (χ2v) is 4.50. The third kappa shape index (κ3) is 2.56. The van der Waals surface area contributed by atoms with Crippen LogP contribution >= 0.6 is 11.3 Å². The average molecular weight is 211 g/mol. The van der Waals surface area contributed by atoms with Crippen LogP contribution in [0.1, 0.15) is 11.3 Å². The van der Waals surface area contributed by atoms with Gasteiger partial charge in [0.15, 0.2) is 0 Å². The molecule has 1 saturated heterocycles. The molecule has 1 aromatic rings. The van der Waals surface area contributed by atoms with Crippen LogP contribution in [-0.4, -0.2) is 19.1 Å². The van der Waals surface area contributed by atoms with E-state index in [1.807, 2.05) is 17.5 Å². The normalized spacial score (nSPS) is 16.3. The number of rotatable bonds is 4. The summed E-state index contributed by atoms with van der Waals surface area (Å²) in [5.41, 5.74) is 0. The van der Waals surface area contributed by atoms with E-state index in [2.05, 4.69) is 5.32 Å². The van der Waals surface area contributed by atoms with Crippen LogP contribution in [0.25, 0.3) is 0 Å². The fraction of sp³-hybridized carbons (Fsp3) is 0.500. The number of hydrogen-bond acceptors (Lipinski definition) is 4. The van der Waals surface area contributed by atoms with Gasteiger partial charge in [-0.1, -0.05) is 6.07 Å². The van der Waals surface area contributed by atoms with Crippen molar-refractivity contribution in [2.75, 3.05) is 13.1 Å². The van der Waals surface area contributed by atoms with Gasteiger partial charge in [0.2, 0.25) is 0 Å². The van der Waals surface area contributed by atoms with Crippen LogP contribution in [0.2, 0.25) is 0 Å². The van der Waals surface area contributed by atoms with E-state index in [0.717, 1.165) is 18.0 Å². The largest absolute Gasteiger partial charge is 0.460 e. The van der Waals surface area contributed by atoms with Crippen molar-refractivity contribution in [1.82, 2.24) is 5.32 Å². The summed E-state index contributed by atoms with van der Waals surface area (Å²) in [5.74, 6) is 0.413. The van der Waals surface area contributed by atoms with Gasteiger partial charge in [-0.3, -0.25) is 4.79 Å². The van der Waals surface area contributed by atoms with Crippen LogP contribution < -0.4 is 5.32 Å². The molecule has 0 amide bonds. The van der Waals surface area contributed by atoms with Crippen molar-refractivity contribution in [2.45, 2.75) is 13.0 Å². The molecule has 0 spiro atoms. The third-order valence-electron chi connectivity index (χ3n) is 2.28. The van der Waals surface area contributed by atoms with Crippen LogP contribution in [0.5, 0.6) is 0 Å². The predicted octanol–water partition coefficient (Wildman–Crippen LogP) is 1.40. The Morgan fingerprint density at radius 1 is 1.64 bits per heavy atom. The minimum atomic E-state index is -0.0788. The molecule has 4 heteroatoms. The molecule has 1 N–H and O–H groups in total. The molecule has 0 radical (unpaired) electrons. The molecule has 76 valence electrons. The lowest BCUT2D eigenvalue weighted by Gasteiger charge is -2.25. The first-order valence-corrected chi connectivity index (χ1v) is 5.61. The number of carbonyl (C=O) groups excluding carboxylic acids is 1. The molecule has 2 rings (SSSR count). The van der Waals surface area contributed by atoms with E-state index < -0.39 is 0 Å².